The summed E-state index contributed by atoms with van der Waals surface area (Å²) in [7, 11) is 1.39. The second-order valence-electron chi connectivity index (χ2n) is 10.1. The van der Waals surface area contributed by atoms with Gasteiger partial charge < -0.3 is 24.1 Å². The van der Waals surface area contributed by atoms with Crippen LogP contribution >= 0.6 is 0 Å². The van der Waals surface area contributed by atoms with E-state index in [2.05, 4.69) is 0 Å². The minimum absolute atomic E-state index is 0.00385. The second-order valence-corrected chi connectivity index (χ2v) is 10.1. The summed E-state index contributed by atoms with van der Waals surface area (Å²) < 4.78 is 64.2. The first-order valence-electron chi connectivity index (χ1n) is 10.1. The highest BCUT2D eigenvalue weighted by Crippen LogP contribution is 2.58. The second kappa shape index (κ2) is 6.95. The van der Waals surface area contributed by atoms with Crippen LogP contribution in [0.25, 0.3) is 0 Å². The van der Waals surface area contributed by atoms with E-state index in [-0.39, 0.29) is 6.54 Å². The molecule has 3 aliphatic rings. The Morgan fingerprint density at radius 2 is 1.73 bits per heavy atom. The van der Waals surface area contributed by atoms with Crippen LogP contribution in [0.3, 0.4) is 0 Å². The van der Waals surface area contributed by atoms with Crippen LogP contribution in [0.15, 0.2) is 0 Å². The van der Waals surface area contributed by atoms with Crippen molar-refractivity contribution in [1.82, 2.24) is 4.90 Å². The van der Waals surface area contributed by atoms with Gasteiger partial charge in [0.1, 0.15) is 17.3 Å². The molecule has 1 amide bonds. The topological polar surface area (TPSA) is 77.5 Å². The Labute approximate surface area is 174 Å². The van der Waals surface area contributed by atoms with E-state index in [1.807, 2.05) is 0 Å². The van der Waals surface area contributed by atoms with Crippen LogP contribution in [0, 0.1) is 5.92 Å². The van der Waals surface area contributed by atoms with E-state index in [1.165, 1.54) is 12.0 Å². The van der Waals surface area contributed by atoms with E-state index < -0.39 is 59.0 Å². The lowest BCUT2D eigenvalue weighted by molar-refractivity contribution is -0.405. The Kier molecular flexibility index (Phi) is 5.46. The molecular weight excluding hydrogens is 407 g/mol. The molecule has 1 unspecified atom stereocenters. The number of aliphatic hydroxyl groups is 1. The lowest BCUT2D eigenvalue weighted by Gasteiger charge is -2.59. The maximum atomic E-state index is 13.7. The lowest BCUT2D eigenvalue weighted by Crippen LogP contribution is -2.74. The monoisotopic (exact) mass is 439 g/mol. The predicted octanol–water partition coefficient (Wildman–Crippen LogP) is 3.23. The highest BCUT2D eigenvalue weighted by atomic mass is 19.4. The van der Waals surface area contributed by atoms with Gasteiger partial charge in [-0.05, 0) is 54.4 Å². The molecule has 5 atom stereocenters. The largest absolute Gasteiger partial charge is 0.444 e. The van der Waals surface area contributed by atoms with Crippen molar-refractivity contribution in [3.8, 4) is 0 Å². The van der Waals surface area contributed by atoms with Crippen molar-refractivity contribution in [1.29, 1.82) is 0 Å². The zero-order chi connectivity index (χ0) is 22.9. The summed E-state index contributed by atoms with van der Waals surface area (Å²) >= 11 is 0. The summed E-state index contributed by atoms with van der Waals surface area (Å²) in [5, 5.41) is 10.4. The van der Waals surface area contributed by atoms with E-state index in [0.29, 0.717) is 12.8 Å². The summed E-state index contributed by atoms with van der Waals surface area (Å²) in [6, 6.07) is 0. The Balaban J connectivity index is 2.03. The number of nitrogens with zero attached hydrogens (tertiary/aromatic N) is 1. The number of ether oxygens (including phenoxy) is 4. The summed E-state index contributed by atoms with van der Waals surface area (Å²) in [6.07, 6.45) is -9.68. The highest BCUT2D eigenvalue weighted by molar-refractivity contribution is 5.70. The number of hydrogen-bond acceptors (Lipinski definition) is 6. The van der Waals surface area contributed by atoms with E-state index in [4.69, 9.17) is 18.9 Å². The molecule has 2 saturated heterocycles. The lowest BCUT2D eigenvalue weighted by atomic mass is 9.76. The number of fused-ring (bicyclic) bond motifs is 1. The van der Waals surface area contributed by atoms with E-state index >= 15 is 0 Å². The van der Waals surface area contributed by atoms with Crippen LogP contribution < -0.4 is 0 Å². The minimum Gasteiger partial charge on any atom is -0.444 e. The van der Waals surface area contributed by atoms with Crippen LogP contribution in [0.5, 0.6) is 0 Å². The van der Waals surface area contributed by atoms with Crippen molar-refractivity contribution in [3.63, 3.8) is 0 Å². The zero-order valence-corrected chi connectivity index (χ0v) is 18.5. The van der Waals surface area contributed by atoms with Gasteiger partial charge in [0.25, 0.3) is 0 Å². The van der Waals surface area contributed by atoms with Gasteiger partial charge in [-0.25, -0.2) is 4.79 Å². The third-order valence-corrected chi connectivity index (χ3v) is 6.58. The smallest absolute Gasteiger partial charge is 0.414 e. The fourth-order valence-electron chi connectivity index (χ4n) is 4.60. The molecule has 0 aromatic carbocycles. The van der Waals surface area contributed by atoms with Crippen LogP contribution in [0.2, 0.25) is 0 Å². The van der Waals surface area contributed by atoms with Gasteiger partial charge in [0.15, 0.2) is 11.9 Å². The number of amides is 1. The molecule has 1 N–H and O–H groups in total. The molecule has 0 bridgehead atoms. The molecule has 1 spiro atoms. The summed E-state index contributed by atoms with van der Waals surface area (Å²) in [5.74, 6) is -2.77. The van der Waals surface area contributed by atoms with Crippen LogP contribution in [0.4, 0.5) is 18.0 Å². The normalized spacial score (nSPS) is 36.2. The van der Waals surface area contributed by atoms with Crippen molar-refractivity contribution in [3.05, 3.63) is 0 Å². The first kappa shape index (κ1) is 23.6. The number of likely N-dealkylation sites (tertiary alicyclic amines) is 1. The Morgan fingerprint density at radius 1 is 1.17 bits per heavy atom. The molecule has 3 fully saturated rings. The van der Waals surface area contributed by atoms with E-state index in [0.717, 1.165) is 0 Å². The van der Waals surface area contributed by atoms with Gasteiger partial charge in [-0.15, -0.1) is 0 Å². The van der Waals surface area contributed by atoms with Gasteiger partial charge in [0.2, 0.25) is 0 Å². The first-order valence-corrected chi connectivity index (χ1v) is 10.1. The standard InChI is InChI=1S/C20H32F3NO6/c1-16(2,3)30-15(26)24-10-11-13(29-18(6,27-7)17(4,5)28-11)12(19(24)8-9-19)14(25)20(21,22)23/h11-14,25H,8-10H2,1-7H3/t11-,12+,13+,14?,18+/m1/s1. The molecule has 0 aromatic rings. The summed E-state index contributed by atoms with van der Waals surface area (Å²) in [4.78, 5) is 14.2. The van der Waals surface area contributed by atoms with Crippen molar-refractivity contribution >= 4 is 6.09 Å². The van der Waals surface area contributed by atoms with Gasteiger partial charge in [-0.2, -0.15) is 13.2 Å². The Morgan fingerprint density at radius 3 is 2.17 bits per heavy atom. The number of aliphatic hydroxyl groups excluding tert-OH is 1. The number of alkyl halides is 3. The molecule has 2 heterocycles. The van der Waals surface area contributed by atoms with E-state index in [9.17, 15) is 23.1 Å². The van der Waals surface area contributed by atoms with E-state index in [1.54, 1.807) is 41.5 Å². The third-order valence-electron chi connectivity index (χ3n) is 6.58. The Hall–Kier alpha value is -1.10. The molecule has 0 radical (unpaired) electrons. The zero-order valence-electron chi connectivity index (χ0n) is 18.5. The molecule has 3 rings (SSSR count). The number of carbonyl (C=O) groups excluding carboxylic acids is 1. The third kappa shape index (κ3) is 3.80. The van der Waals surface area contributed by atoms with Crippen molar-refractivity contribution in [2.24, 2.45) is 5.92 Å². The van der Waals surface area contributed by atoms with Gasteiger partial charge in [0.05, 0.1) is 18.2 Å². The molecule has 1 aliphatic carbocycles. The summed E-state index contributed by atoms with van der Waals surface area (Å²) in [6.45, 7) is 10.1. The molecule has 2 aliphatic heterocycles. The quantitative estimate of drug-likeness (QED) is 0.712. The van der Waals surface area contributed by atoms with Crippen molar-refractivity contribution in [2.45, 2.75) is 101 Å². The van der Waals surface area contributed by atoms with Gasteiger partial charge in [-0.1, -0.05) is 0 Å². The number of halogens is 3. The van der Waals surface area contributed by atoms with Gasteiger partial charge in [0, 0.05) is 13.0 Å². The average Bonchev–Trinajstić information content (AvgIpc) is 3.34. The SMILES string of the molecule is CO[C@@]1(C)O[C@@H]2[C@@H](C(O)C(F)(F)F)C3(CC3)N(C(=O)OC(C)(C)C)C[C@H]2OC1(C)C. The maximum absolute atomic E-state index is 13.7. The van der Waals surface area contributed by atoms with Crippen molar-refractivity contribution < 1.29 is 42.0 Å². The molecular formula is C20H32F3NO6. The number of piperidine rings is 1. The molecule has 10 heteroatoms. The molecule has 0 aromatic heterocycles. The van der Waals surface area contributed by atoms with Crippen LogP contribution in [-0.2, 0) is 18.9 Å². The molecule has 1 saturated carbocycles. The Bertz CT molecular complexity index is 687. The summed E-state index contributed by atoms with van der Waals surface area (Å²) in [5.41, 5.74) is -3.04. The first-order chi connectivity index (χ1) is 13.5. The molecule has 30 heavy (non-hydrogen) atoms. The van der Waals surface area contributed by atoms with Crippen LogP contribution in [0.1, 0.15) is 54.4 Å². The minimum atomic E-state index is -4.89. The number of hydrogen-bond donors (Lipinski definition) is 1. The highest BCUT2D eigenvalue weighted by Gasteiger charge is 2.71. The average molecular weight is 439 g/mol. The predicted molar refractivity (Wildman–Crippen MR) is 99.7 cm³/mol. The molecule has 7 nitrogen and oxygen atoms in total. The van der Waals surface area contributed by atoms with Gasteiger partial charge >= 0.3 is 12.3 Å². The van der Waals surface area contributed by atoms with Crippen molar-refractivity contribution in [2.75, 3.05) is 13.7 Å². The number of rotatable bonds is 2. The number of carbonyl (C=O) groups is 1. The fourth-order valence-corrected chi connectivity index (χ4v) is 4.60. The maximum Gasteiger partial charge on any atom is 0.414 e. The van der Waals surface area contributed by atoms with Gasteiger partial charge in [-0.3, -0.25) is 4.90 Å². The van der Waals surface area contributed by atoms with Crippen LogP contribution in [-0.4, -0.2) is 76.8 Å². The molecule has 174 valence electrons. The number of methoxy groups -OCH3 is 1. The fraction of sp³-hybridized carbons (Fsp3) is 0.950.